The molecule has 0 radical (unpaired) electrons. The molecule has 0 saturated heterocycles. The van der Waals surface area contributed by atoms with Crippen LogP contribution in [0.25, 0.3) is 0 Å². The third kappa shape index (κ3) is 11.2. The molecular formula is C6H17AlO3. The smallest absolute Gasteiger partial charge is 0.187 e. The van der Waals surface area contributed by atoms with E-state index in [1.54, 1.807) is 0 Å². The second-order valence-corrected chi connectivity index (χ2v) is 1.53. The van der Waals surface area contributed by atoms with Crippen molar-refractivity contribution in [2.24, 2.45) is 0 Å². The quantitative estimate of drug-likeness (QED) is 0.398. The number of rotatable bonds is 6. The normalized spacial score (nSPS) is 9.00. The van der Waals surface area contributed by atoms with Crippen LogP contribution in [0.5, 0.6) is 0 Å². The highest BCUT2D eigenvalue weighted by atomic mass is 27.0. The minimum absolute atomic E-state index is 0. The number of aliphatic hydroxyl groups excluding tert-OH is 1. The zero-order valence-electron chi connectivity index (χ0n) is 5.80. The Labute approximate surface area is 72.5 Å². The van der Waals surface area contributed by atoms with Crippen molar-refractivity contribution in [3.8, 4) is 0 Å². The molecule has 0 atom stereocenters. The summed E-state index contributed by atoms with van der Waals surface area (Å²) in [5.41, 5.74) is 0. The molecule has 0 aromatic heterocycles. The van der Waals surface area contributed by atoms with Gasteiger partial charge in [-0.2, -0.15) is 0 Å². The topological polar surface area (TPSA) is 38.7 Å². The predicted octanol–water partition coefficient (Wildman–Crippen LogP) is -1.15. The van der Waals surface area contributed by atoms with Gasteiger partial charge in [-0.3, -0.25) is 0 Å². The molecule has 0 spiro atoms. The van der Waals surface area contributed by atoms with Crippen molar-refractivity contribution < 1.29 is 14.6 Å². The van der Waals surface area contributed by atoms with Crippen LogP contribution in [-0.4, -0.2) is 55.5 Å². The van der Waals surface area contributed by atoms with Crippen molar-refractivity contribution in [2.75, 3.05) is 33.0 Å². The molecule has 1 N–H and O–H groups in total. The molecule has 0 aliphatic carbocycles. The third-order valence-corrected chi connectivity index (χ3v) is 0.812. The summed E-state index contributed by atoms with van der Waals surface area (Å²) in [5.74, 6) is 0. The highest BCUT2D eigenvalue weighted by Crippen LogP contribution is 1.76. The molecule has 0 aliphatic heterocycles. The summed E-state index contributed by atoms with van der Waals surface area (Å²) in [6.45, 7) is 4.36. The summed E-state index contributed by atoms with van der Waals surface area (Å²) in [6, 6.07) is 0. The molecule has 3 nitrogen and oxygen atoms in total. The van der Waals surface area contributed by atoms with E-state index >= 15 is 0 Å². The Hall–Kier alpha value is 0.412. The van der Waals surface area contributed by atoms with Crippen molar-refractivity contribution in [2.45, 2.75) is 6.92 Å². The van der Waals surface area contributed by atoms with Gasteiger partial charge >= 0.3 is 0 Å². The van der Waals surface area contributed by atoms with Gasteiger partial charge in [0.1, 0.15) is 0 Å². The van der Waals surface area contributed by atoms with E-state index in [9.17, 15) is 0 Å². The van der Waals surface area contributed by atoms with E-state index in [0.29, 0.717) is 19.8 Å². The SMILES string of the molecule is CCOCCOCCO.[AlH3]. The second kappa shape index (κ2) is 12.1. The van der Waals surface area contributed by atoms with Gasteiger partial charge in [0, 0.05) is 6.61 Å². The van der Waals surface area contributed by atoms with E-state index in [2.05, 4.69) is 0 Å². The lowest BCUT2D eigenvalue weighted by Crippen LogP contribution is -2.06. The van der Waals surface area contributed by atoms with E-state index in [4.69, 9.17) is 14.6 Å². The molecule has 62 valence electrons. The molecule has 0 saturated carbocycles. The van der Waals surface area contributed by atoms with E-state index in [0.717, 1.165) is 6.61 Å². The summed E-state index contributed by atoms with van der Waals surface area (Å²) in [6.07, 6.45) is 0. The average molecular weight is 164 g/mol. The Balaban J connectivity index is 0. The minimum Gasteiger partial charge on any atom is -0.394 e. The van der Waals surface area contributed by atoms with Crippen LogP contribution in [0.15, 0.2) is 0 Å². The second-order valence-electron chi connectivity index (χ2n) is 1.53. The fourth-order valence-corrected chi connectivity index (χ4v) is 0.429. The summed E-state index contributed by atoms with van der Waals surface area (Å²) >= 11 is 0. The zero-order chi connectivity index (χ0) is 6.95. The summed E-state index contributed by atoms with van der Waals surface area (Å²) < 4.78 is 9.88. The minimum atomic E-state index is 0. The maximum absolute atomic E-state index is 8.26. The lowest BCUT2D eigenvalue weighted by molar-refractivity contribution is 0.0370. The summed E-state index contributed by atoms with van der Waals surface area (Å²) in [7, 11) is 0. The fraction of sp³-hybridized carbons (Fsp3) is 1.00. The molecule has 0 aliphatic rings. The van der Waals surface area contributed by atoms with E-state index < -0.39 is 0 Å². The Bertz CT molecular complexity index is 46.3. The van der Waals surface area contributed by atoms with E-state index in [1.165, 1.54) is 0 Å². The Morgan fingerprint density at radius 2 is 1.70 bits per heavy atom. The van der Waals surface area contributed by atoms with Crippen LogP contribution in [-0.2, 0) is 9.47 Å². The first-order valence-corrected chi connectivity index (χ1v) is 3.18. The van der Waals surface area contributed by atoms with E-state index in [1.807, 2.05) is 6.92 Å². The van der Waals surface area contributed by atoms with Crippen molar-refractivity contribution >= 4 is 17.4 Å². The molecule has 0 rings (SSSR count). The van der Waals surface area contributed by atoms with Crippen molar-refractivity contribution in [3.63, 3.8) is 0 Å². The number of hydrogen-bond donors (Lipinski definition) is 1. The lowest BCUT2D eigenvalue weighted by atomic mass is 10.7. The average Bonchev–Trinajstić information content (AvgIpc) is 1.89. The van der Waals surface area contributed by atoms with Gasteiger partial charge in [-0.15, -0.1) is 0 Å². The van der Waals surface area contributed by atoms with Crippen LogP contribution in [0, 0.1) is 0 Å². The first-order valence-electron chi connectivity index (χ1n) is 3.18. The first kappa shape index (κ1) is 13.0. The maximum atomic E-state index is 8.26. The van der Waals surface area contributed by atoms with Gasteiger partial charge in [-0.1, -0.05) is 0 Å². The predicted molar refractivity (Wildman–Crippen MR) is 44.3 cm³/mol. The van der Waals surface area contributed by atoms with Crippen LogP contribution in [0.3, 0.4) is 0 Å². The van der Waals surface area contributed by atoms with Crippen molar-refractivity contribution in [1.29, 1.82) is 0 Å². The Kier molecular flexibility index (Phi) is 15.8. The summed E-state index contributed by atoms with van der Waals surface area (Å²) in [4.78, 5) is 0. The number of ether oxygens (including phenoxy) is 2. The molecule has 0 aromatic rings. The van der Waals surface area contributed by atoms with E-state index in [-0.39, 0.29) is 24.0 Å². The molecule has 0 heterocycles. The lowest BCUT2D eigenvalue weighted by Gasteiger charge is -2.00. The Morgan fingerprint density at radius 3 is 2.20 bits per heavy atom. The Morgan fingerprint density at radius 1 is 1.10 bits per heavy atom. The first-order chi connectivity index (χ1) is 4.41. The van der Waals surface area contributed by atoms with Crippen LogP contribution in [0.4, 0.5) is 0 Å². The monoisotopic (exact) mass is 164 g/mol. The zero-order valence-corrected chi connectivity index (χ0v) is 5.80. The van der Waals surface area contributed by atoms with Gasteiger partial charge in [0.05, 0.1) is 26.4 Å². The van der Waals surface area contributed by atoms with Crippen LogP contribution in [0.2, 0.25) is 0 Å². The van der Waals surface area contributed by atoms with Crippen LogP contribution >= 0.6 is 0 Å². The van der Waals surface area contributed by atoms with Gasteiger partial charge in [-0.25, -0.2) is 0 Å². The molecule has 0 amide bonds. The summed E-state index contributed by atoms with van der Waals surface area (Å²) in [5, 5.41) is 8.26. The third-order valence-electron chi connectivity index (χ3n) is 0.812. The van der Waals surface area contributed by atoms with Crippen LogP contribution < -0.4 is 0 Å². The molecule has 0 aromatic carbocycles. The van der Waals surface area contributed by atoms with Gasteiger partial charge in [-0.05, 0) is 6.92 Å². The number of hydrogen-bond acceptors (Lipinski definition) is 3. The molecule has 4 heteroatoms. The molecular weight excluding hydrogens is 147 g/mol. The van der Waals surface area contributed by atoms with Gasteiger partial charge < -0.3 is 14.6 Å². The standard InChI is InChI=1S/C6H14O3.Al.3H/c1-2-8-5-6-9-4-3-7;;;;/h7H,2-6H2,1H3;;;;. The maximum Gasteiger partial charge on any atom is 0.187 e. The van der Waals surface area contributed by atoms with Gasteiger partial charge in [0.25, 0.3) is 0 Å². The van der Waals surface area contributed by atoms with Gasteiger partial charge in [0.2, 0.25) is 0 Å². The fourth-order valence-electron chi connectivity index (χ4n) is 0.429. The molecule has 0 unspecified atom stereocenters. The van der Waals surface area contributed by atoms with Gasteiger partial charge in [0.15, 0.2) is 17.4 Å². The molecule has 10 heavy (non-hydrogen) atoms. The van der Waals surface area contributed by atoms with Crippen LogP contribution in [0.1, 0.15) is 6.92 Å². The molecule has 0 bridgehead atoms. The highest BCUT2D eigenvalue weighted by molar-refractivity contribution is 5.75. The largest absolute Gasteiger partial charge is 0.394 e. The molecule has 0 fully saturated rings. The van der Waals surface area contributed by atoms with Crippen molar-refractivity contribution in [1.82, 2.24) is 0 Å². The number of aliphatic hydroxyl groups is 1. The van der Waals surface area contributed by atoms with Crippen molar-refractivity contribution in [3.05, 3.63) is 0 Å². The highest BCUT2D eigenvalue weighted by Gasteiger charge is 1.84.